The molecule has 1 nitrogen and oxygen atoms in total. The van der Waals surface area contributed by atoms with Gasteiger partial charge >= 0.3 is 0 Å². The van der Waals surface area contributed by atoms with E-state index in [9.17, 15) is 0 Å². The van der Waals surface area contributed by atoms with Crippen LogP contribution in [0.5, 0.6) is 0 Å². The summed E-state index contributed by atoms with van der Waals surface area (Å²) < 4.78 is 0. The fourth-order valence-electron chi connectivity index (χ4n) is 3.02. The minimum Gasteiger partial charge on any atom is -0.330 e. The Labute approximate surface area is 109 Å². The molecule has 0 heterocycles. The lowest BCUT2D eigenvalue weighted by atomic mass is 9.81. The van der Waals surface area contributed by atoms with Gasteiger partial charge in [-0.3, -0.25) is 0 Å². The highest BCUT2D eigenvalue weighted by atomic mass is 35.5. The Morgan fingerprint density at radius 1 is 1.06 bits per heavy atom. The van der Waals surface area contributed by atoms with Gasteiger partial charge in [0, 0.05) is 5.02 Å². The summed E-state index contributed by atoms with van der Waals surface area (Å²) >= 11 is 5.94. The Balaban J connectivity index is 2.11. The molecule has 0 bridgehead atoms. The van der Waals surface area contributed by atoms with Crippen LogP contribution in [0.4, 0.5) is 0 Å². The SMILES string of the molecule is NCC(c1ccc(Cl)cc1)C1CCCCCC1. The molecule has 0 aromatic heterocycles. The second kappa shape index (κ2) is 6.42. The van der Waals surface area contributed by atoms with Crippen LogP contribution in [0.1, 0.15) is 50.0 Å². The van der Waals surface area contributed by atoms with Crippen LogP contribution in [0.3, 0.4) is 0 Å². The van der Waals surface area contributed by atoms with E-state index in [2.05, 4.69) is 12.1 Å². The second-order valence-electron chi connectivity index (χ2n) is 5.15. The van der Waals surface area contributed by atoms with E-state index in [0.29, 0.717) is 5.92 Å². The molecule has 2 heteroatoms. The first kappa shape index (κ1) is 12.9. The normalized spacial score (nSPS) is 19.9. The van der Waals surface area contributed by atoms with Crippen molar-refractivity contribution in [1.29, 1.82) is 0 Å². The number of rotatable bonds is 3. The van der Waals surface area contributed by atoms with E-state index >= 15 is 0 Å². The highest BCUT2D eigenvalue weighted by Gasteiger charge is 2.22. The molecule has 1 atom stereocenters. The number of hydrogen-bond acceptors (Lipinski definition) is 1. The van der Waals surface area contributed by atoms with Gasteiger partial charge in [0.1, 0.15) is 0 Å². The van der Waals surface area contributed by atoms with Crippen molar-refractivity contribution in [2.75, 3.05) is 6.54 Å². The van der Waals surface area contributed by atoms with Gasteiger partial charge in [-0.15, -0.1) is 0 Å². The predicted octanol–water partition coefficient (Wildman–Crippen LogP) is 4.35. The molecular weight excluding hydrogens is 230 g/mol. The first-order chi connectivity index (χ1) is 8.31. The summed E-state index contributed by atoms with van der Waals surface area (Å²) in [7, 11) is 0. The lowest BCUT2D eigenvalue weighted by molar-refractivity contribution is 0.380. The Morgan fingerprint density at radius 2 is 1.65 bits per heavy atom. The summed E-state index contributed by atoms with van der Waals surface area (Å²) in [6, 6.07) is 8.25. The number of halogens is 1. The van der Waals surface area contributed by atoms with Crippen LogP contribution in [-0.4, -0.2) is 6.54 Å². The zero-order valence-electron chi connectivity index (χ0n) is 10.4. The zero-order chi connectivity index (χ0) is 12.1. The lowest BCUT2D eigenvalue weighted by Gasteiger charge is -2.25. The van der Waals surface area contributed by atoms with E-state index in [0.717, 1.165) is 17.5 Å². The molecule has 0 radical (unpaired) electrons. The van der Waals surface area contributed by atoms with Crippen LogP contribution in [0, 0.1) is 5.92 Å². The van der Waals surface area contributed by atoms with Gasteiger partial charge in [-0.05, 0) is 48.9 Å². The summed E-state index contributed by atoms with van der Waals surface area (Å²) in [4.78, 5) is 0. The summed E-state index contributed by atoms with van der Waals surface area (Å²) in [5.74, 6) is 1.29. The quantitative estimate of drug-likeness (QED) is 0.794. The number of benzene rings is 1. The lowest BCUT2D eigenvalue weighted by Crippen LogP contribution is -2.21. The maximum absolute atomic E-state index is 5.99. The molecule has 1 aliphatic carbocycles. The van der Waals surface area contributed by atoms with E-state index < -0.39 is 0 Å². The Bertz CT molecular complexity index is 325. The zero-order valence-corrected chi connectivity index (χ0v) is 11.1. The predicted molar refractivity (Wildman–Crippen MR) is 74.4 cm³/mol. The van der Waals surface area contributed by atoms with Gasteiger partial charge in [-0.2, -0.15) is 0 Å². The third-order valence-corrected chi connectivity index (χ3v) is 4.27. The van der Waals surface area contributed by atoms with Crippen LogP contribution in [0.2, 0.25) is 5.02 Å². The van der Waals surface area contributed by atoms with Gasteiger partial charge < -0.3 is 5.73 Å². The molecule has 1 unspecified atom stereocenters. The molecule has 1 saturated carbocycles. The maximum Gasteiger partial charge on any atom is 0.0406 e. The Hall–Kier alpha value is -0.530. The van der Waals surface area contributed by atoms with Gasteiger partial charge in [0.15, 0.2) is 0 Å². The van der Waals surface area contributed by atoms with Crippen molar-refractivity contribution >= 4 is 11.6 Å². The molecule has 94 valence electrons. The van der Waals surface area contributed by atoms with Crippen LogP contribution in [0.25, 0.3) is 0 Å². The summed E-state index contributed by atoms with van der Waals surface area (Å²) in [5.41, 5.74) is 7.36. The average molecular weight is 252 g/mol. The molecular formula is C15H22ClN. The largest absolute Gasteiger partial charge is 0.330 e. The maximum atomic E-state index is 5.99. The molecule has 1 aromatic carbocycles. The number of hydrogen-bond donors (Lipinski definition) is 1. The molecule has 1 aliphatic rings. The first-order valence-electron chi connectivity index (χ1n) is 6.77. The molecule has 1 fully saturated rings. The third kappa shape index (κ3) is 3.46. The highest BCUT2D eigenvalue weighted by Crippen LogP contribution is 2.34. The molecule has 0 spiro atoms. The van der Waals surface area contributed by atoms with Crippen LogP contribution >= 0.6 is 11.6 Å². The van der Waals surface area contributed by atoms with Gasteiger partial charge in [-0.25, -0.2) is 0 Å². The second-order valence-corrected chi connectivity index (χ2v) is 5.58. The van der Waals surface area contributed by atoms with E-state index in [-0.39, 0.29) is 0 Å². The third-order valence-electron chi connectivity index (χ3n) is 4.02. The Morgan fingerprint density at radius 3 is 2.18 bits per heavy atom. The van der Waals surface area contributed by atoms with Gasteiger partial charge in [0.05, 0.1) is 0 Å². The molecule has 0 amide bonds. The summed E-state index contributed by atoms with van der Waals surface area (Å²) in [5, 5.41) is 0.811. The van der Waals surface area contributed by atoms with Crippen LogP contribution < -0.4 is 5.73 Å². The van der Waals surface area contributed by atoms with Gasteiger partial charge in [-0.1, -0.05) is 49.4 Å². The van der Waals surface area contributed by atoms with E-state index in [1.807, 2.05) is 12.1 Å². The fraction of sp³-hybridized carbons (Fsp3) is 0.600. The molecule has 2 rings (SSSR count). The van der Waals surface area contributed by atoms with Crippen molar-refractivity contribution in [3.63, 3.8) is 0 Å². The van der Waals surface area contributed by atoms with Crippen molar-refractivity contribution in [3.05, 3.63) is 34.9 Å². The van der Waals surface area contributed by atoms with Gasteiger partial charge in [0.25, 0.3) is 0 Å². The van der Waals surface area contributed by atoms with Crippen molar-refractivity contribution in [2.45, 2.75) is 44.4 Å². The Kier molecular flexibility index (Phi) is 4.87. The van der Waals surface area contributed by atoms with Gasteiger partial charge in [0.2, 0.25) is 0 Å². The number of nitrogens with two attached hydrogens (primary N) is 1. The average Bonchev–Trinajstić information content (AvgIpc) is 2.62. The van der Waals surface area contributed by atoms with Crippen molar-refractivity contribution in [2.24, 2.45) is 11.7 Å². The summed E-state index contributed by atoms with van der Waals surface area (Å²) in [6.07, 6.45) is 8.21. The van der Waals surface area contributed by atoms with E-state index in [1.54, 1.807) is 0 Å². The molecule has 0 saturated heterocycles. The first-order valence-corrected chi connectivity index (χ1v) is 7.14. The monoisotopic (exact) mass is 251 g/mol. The summed E-state index contributed by atoms with van der Waals surface area (Å²) in [6.45, 7) is 0.756. The van der Waals surface area contributed by atoms with Crippen molar-refractivity contribution in [1.82, 2.24) is 0 Å². The molecule has 1 aromatic rings. The highest BCUT2D eigenvalue weighted by molar-refractivity contribution is 6.30. The molecule has 17 heavy (non-hydrogen) atoms. The fourth-order valence-corrected chi connectivity index (χ4v) is 3.15. The molecule has 2 N–H and O–H groups in total. The van der Waals surface area contributed by atoms with Crippen LogP contribution in [0.15, 0.2) is 24.3 Å². The van der Waals surface area contributed by atoms with E-state index in [1.165, 1.54) is 44.1 Å². The smallest absolute Gasteiger partial charge is 0.0406 e. The van der Waals surface area contributed by atoms with Crippen molar-refractivity contribution in [3.8, 4) is 0 Å². The van der Waals surface area contributed by atoms with Crippen LogP contribution in [-0.2, 0) is 0 Å². The standard InChI is InChI=1S/C15H22ClN/c16-14-9-7-13(8-10-14)15(11-17)12-5-3-1-2-4-6-12/h7-10,12,15H,1-6,11,17H2. The van der Waals surface area contributed by atoms with Crippen molar-refractivity contribution < 1.29 is 0 Å². The topological polar surface area (TPSA) is 26.0 Å². The van der Waals surface area contributed by atoms with E-state index in [4.69, 9.17) is 17.3 Å². The molecule has 0 aliphatic heterocycles. The minimum absolute atomic E-state index is 0.519. The minimum atomic E-state index is 0.519.